The molecule has 0 fully saturated rings. The van der Waals surface area contributed by atoms with Crippen molar-refractivity contribution >= 4 is 5.97 Å². The van der Waals surface area contributed by atoms with E-state index in [0.717, 1.165) is 38.5 Å². The Morgan fingerprint density at radius 2 is 1.74 bits per heavy atom. The molecule has 138 valence electrons. The molecule has 0 aromatic rings. The first-order valence-electron chi connectivity index (χ1n) is 9.61. The van der Waals surface area contributed by atoms with Crippen LogP contribution in [0.1, 0.15) is 86.0 Å². The van der Waals surface area contributed by atoms with Gasteiger partial charge in [0.15, 0.2) is 0 Å². The molecule has 0 aliphatic carbocycles. The maximum atomic E-state index is 12.9. The van der Waals surface area contributed by atoms with Crippen LogP contribution in [0.4, 0.5) is 0 Å². The molecule has 0 aromatic heterocycles. The van der Waals surface area contributed by atoms with Crippen LogP contribution >= 0.6 is 0 Å². The Balaban J connectivity index is 4.87. The zero-order chi connectivity index (χ0) is 17.7. The standard InChI is InChI=1S/C20H40O3/c1-7-10-12-18(9-3)15-23-19(21)20(16-22-6,13-11-8-2)14-17(4)5/h17-18H,7-16H2,1-6H3. The lowest BCUT2D eigenvalue weighted by Crippen LogP contribution is -2.39. The molecule has 0 saturated carbocycles. The van der Waals surface area contributed by atoms with E-state index in [1.165, 1.54) is 12.8 Å². The Kier molecular flexibility index (Phi) is 12.5. The molecule has 0 saturated heterocycles. The highest BCUT2D eigenvalue weighted by atomic mass is 16.5. The van der Waals surface area contributed by atoms with Crippen molar-refractivity contribution in [2.75, 3.05) is 20.3 Å². The van der Waals surface area contributed by atoms with Crippen molar-refractivity contribution < 1.29 is 14.3 Å². The minimum absolute atomic E-state index is 0.0450. The molecule has 0 rings (SSSR count). The molecule has 3 heteroatoms. The Morgan fingerprint density at radius 1 is 1.09 bits per heavy atom. The second-order valence-electron chi connectivity index (χ2n) is 7.43. The Bertz CT molecular complexity index is 301. The summed E-state index contributed by atoms with van der Waals surface area (Å²) in [7, 11) is 1.68. The van der Waals surface area contributed by atoms with Gasteiger partial charge in [0.2, 0.25) is 0 Å². The highest BCUT2D eigenvalue weighted by molar-refractivity contribution is 5.77. The van der Waals surface area contributed by atoms with Gasteiger partial charge in [0.1, 0.15) is 0 Å². The second-order valence-corrected chi connectivity index (χ2v) is 7.43. The minimum Gasteiger partial charge on any atom is -0.465 e. The maximum Gasteiger partial charge on any atom is 0.314 e. The minimum atomic E-state index is -0.470. The lowest BCUT2D eigenvalue weighted by molar-refractivity contribution is -0.163. The van der Waals surface area contributed by atoms with Gasteiger partial charge in [-0.25, -0.2) is 0 Å². The SMILES string of the molecule is CCCCC(CC)COC(=O)C(CCCC)(COC)CC(C)C. The van der Waals surface area contributed by atoms with E-state index in [4.69, 9.17) is 9.47 Å². The summed E-state index contributed by atoms with van der Waals surface area (Å²) in [6, 6.07) is 0. The monoisotopic (exact) mass is 328 g/mol. The topological polar surface area (TPSA) is 35.5 Å². The van der Waals surface area contributed by atoms with Crippen LogP contribution in [0.15, 0.2) is 0 Å². The number of esters is 1. The van der Waals surface area contributed by atoms with Crippen molar-refractivity contribution in [1.29, 1.82) is 0 Å². The van der Waals surface area contributed by atoms with Gasteiger partial charge in [0, 0.05) is 7.11 Å². The first-order chi connectivity index (χ1) is 11.0. The van der Waals surface area contributed by atoms with Crippen LogP contribution in [-0.2, 0) is 14.3 Å². The molecule has 0 N–H and O–H groups in total. The Hall–Kier alpha value is -0.570. The molecule has 0 spiro atoms. The van der Waals surface area contributed by atoms with E-state index in [1.807, 2.05) is 0 Å². The van der Waals surface area contributed by atoms with Crippen LogP contribution < -0.4 is 0 Å². The molecule has 0 amide bonds. The van der Waals surface area contributed by atoms with Crippen LogP contribution in [0, 0.1) is 17.3 Å². The fourth-order valence-corrected chi connectivity index (χ4v) is 3.30. The zero-order valence-corrected chi connectivity index (χ0v) is 16.5. The number of rotatable bonds is 14. The van der Waals surface area contributed by atoms with Crippen LogP contribution in [0.3, 0.4) is 0 Å². The Labute approximate surface area is 144 Å². The molecule has 0 aromatic carbocycles. The average Bonchev–Trinajstić information content (AvgIpc) is 2.52. The van der Waals surface area contributed by atoms with E-state index in [1.54, 1.807) is 7.11 Å². The average molecular weight is 329 g/mol. The van der Waals surface area contributed by atoms with Crippen LogP contribution in [-0.4, -0.2) is 26.3 Å². The van der Waals surface area contributed by atoms with Crippen molar-refractivity contribution in [3.8, 4) is 0 Å². The second kappa shape index (κ2) is 12.8. The molecule has 0 radical (unpaired) electrons. The third-order valence-electron chi connectivity index (χ3n) is 4.65. The lowest BCUT2D eigenvalue weighted by atomic mass is 9.76. The number of unbranched alkanes of at least 4 members (excludes halogenated alkanes) is 2. The van der Waals surface area contributed by atoms with Crippen LogP contribution in [0.2, 0.25) is 0 Å². The molecule has 0 aliphatic heterocycles. The fourth-order valence-electron chi connectivity index (χ4n) is 3.30. The van der Waals surface area contributed by atoms with E-state index in [0.29, 0.717) is 25.0 Å². The third-order valence-corrected chi connectivity index (χ3v) is 4.65. The predicted molar refractivity (Wildman–Crippen MR) is 97.6 cm³/mol. The summed E-state index contributed by atoms with van der Waals surface area (Å²) in [5, 5.41) is 0. The van der Waals surface area contributed by atoms with Crippen molar-refractivity contribution in [1.82, 2.24) is 0 Å². The summed E-state index contributed by atoms with van der Waals surface area (Å²) < 4.78 is 11.2. The van der Waals surface area contributed by atoms with Gasteiger partial charge in [0.05, 0.1) is 18.6 Å². The molecule has 0 bridgehead atoms. The van der Waals surface area contributed by atoms with Gasteiger partial charge in [-0.2, -0.15) is 0 Å². The highest BCUT2D eigenvalue weighted by Gasteiger charge is 2.40. The van der Waals surface area contributed by atoms with Gasteiger partial charge in [-0.1, -0.05) is 66.7 Å². The van der Waals surface area contributed by atoms with Gasteiger partial charge < -0.3 is 9.47 Å². The fraction of sp³-hybridized carbons (Fsp3) is 0.950. The molecule has 0 aliphatic rings. The van der Waals surface area contributed by atoms with E-state index < -0.39 is 5.41 Å². The number of methoxy groups -OCH3 is 1. The number of carbonyl (C=O) groups excluding carboxylic acids is 1. The molecular formula is C20H40O3. The highest BCUT2D eigenvalue weighted by Crippen LogP contribution is 2.35. The maximum absolute atomic E-state index is 12.9. The Morgan fingerprint density at radius 3 is 2.22 bits per heavy atom. The van der Waals surface area contributed by atoms with Crippen molar-refractivity contribution in [3.05, 3.63) is 0 Å². The summed E-state index contributed by atoms with van der Waals surface area (Å²) >= 11 is 0. The number of carbonyl (C=O) groups is 1. The van der Waals surface area contributed by atoms with Crippen molar-refractivity contribution in [2.24, 2.45) is 17.3 Å². The van der Waals surface area contributed by atoms with E-state index in [-0.39, 0.29) is 5.97 Å². The summed E-state index contributed by atoms with van der Waals surface area (Å²) in [5.74, 6) is 0.900. The normalized spacial score (nSPS) is 15.4. The van der Waals surface area contributed by atoms with E-state index >= 15 is 0 Å². The molecule has 3 nitrogen and oxygen atoms in total. The smallest absolute Gasteiger partial charge is 0.314 e. The summed E-state index contributed by atoms with van der Waals surface area (Å²) in [6.45, 7) is 11.9. The number of hydrogen-bond donors (Lipinski definition) is 0. The first kappa shape index (κ1) is 22.4. The van der Waals surface area contributed by atoms with Gasteiger partial charge in [-0.15, -0.1) is 0 Å². The summed E-state index contributed by atoms with van der Waals surface area (Å²) in [4.78, 5) is 12.9. The van der Waals surface area contributed by atoms with Gasteiger partial charge in [-0.05, 0) is 31.1 Å². The van der Waals surface area contributed by atoms with Gasteiger partial charge in [-0.3, -0.25) is 4.79 Å². The van der Waals surface area contributed by atoms with Crippen LogP contribution in [0.5, 0.6) is 0 Å². The predicted octanol–water partition coefficient (Wildman–Crippen LogP) is 5.62. The molecule has 2 atom stereocenters. The summed E-state index contributed by atoms with van der Waals surface area (Å²) in [5.41, 5.74) is -0.470. The third kappa shape index (κ3) is 8.74. The molecular weight excluding hydrogens is 288 g/mol. The van der Waals surface area contributed by atoms with E-state index in [9.17, 15) is 4.79 Å². The van der Waals surface area contributed by atoms with Gasteiger partial charge in [0.25, 0.3) is 0 Å². The van der Waals surface area contributed by atoms with E-state index in [2.05, 4.69) is 34.6 Å². The number of hydrogen-bond acceptors (Lipinski definition) is 3. The molecule has 23 heavy (non-hydrogen) atoms. The molecule has 2 unspecified atom stereocenters. The molecule has 0 heterocycles. The largest absolute Gasteiger partial charge is 0.465 e. The lowest BCUT2D eigenvalue weighted by Gasteiger charge is -2.33. The quantitative estimate of drug-likeness (QED) is 0.388. The first-order valence-corrected chi connectivity index (χ1v) is 9.61. The van der Waals surface area contributed by atoms with Crippen molar-refractivity contribution in [3.63, 3.8) is 0 Å². The van der Waals surface area contributed by atoms with Gasteiger partial charge >= 0.3 is 5.97 Å². The summed E-state index contributed by atoms with van der Waals surface area (Å²) in [6.07, 6.45) is 8.46. The van der Waals surface area contributed by atoms with Crippen LogP contribution in [0.25, 0.3) is 0 Å². The van der Waals surface area contributed by atoms with Crippen molar-refractivity contribution in [2.45, 2.75) is 86.0 Å². The number of ether oxygens (including phenoxy) is 2. The zero-order valence-electron chi connectivity index (χ0n) is 16.5.